The molecule has 0 unspecified atom stereocenters. The summed E-state index contributed by atoms with van der Waals surface area (Å²) in [5.74, 6) is 1.33. The van der Waals surface area contributed by atoms with E-state index in [0.29, 0.717) is 23.2 Å². The summed E-state index contributed by atoms with van der Waals surface area (Å²) in [5, 5.41) is 0.551. The molecule has 0 N–H and O–H groups in total. The van der Waals surface area contributed by atoms with Gasteiger partial charge in [-0.1, -0.05) is 31.7 Å². The number of carbonyl (C=O) groups excluding carboxylic acids is 1. The molecule has 4 rings (SSSR count). The normalized spacial score (nSPS) is 27.8. The molecule has 0 bridgehead atoms. The number of hydrogen-bond acceptors (Lipinski definition) is 6. The zero-order chi connectivity index (χ0) is 19.2. The first-order valence-electron chi connectivity index (χ1n) is 9.01. The number of aliphatic imine (C=N–C) groups is 1. The monoisotopic (exact) mass is 410 g/mol. The predicted octanol–water partition coefficient (Wildman–Crippen LogP) is 2.06. The highest BCUT2D eigenvalue weighted by atomic mass is 32.2. The van der Waals surface area contributed by atoms with Crippen LogP contribution in [-0.2, 0) is 21.2 Å². The molecular weight excluding hydrogens is 388 g/mol. The number of nitrogens with zero attached hydrogens (tertiary/aromatic N) is 2. The smallest absolute Gasteiger partial charge is 0.250 e. The van der Waals surface area contributed by atoms with Gasteiger partial charge in [0.25, 0.3) is 5.91 Å². The molecule has 3 heterocycles. The highest BCUT2D eigenvalue weighted by Gasteiger charge is 2.48. The number of hydrogen-bond donors (Lipinski definition) is 0. The zero-order valence-corrected chi connectivity index (χ0v) is 16.9. The second-order valence-corrected chi connectivity index (χ2v) is 10.5. The summed E-state index contributed by atoms with van der Waals surface area (Å²) in [6, 6.07) is 5.53. The molecular formula is C18H22N2O5S2. The van der Waals surface area contributed by atoms with Gasteiger partial charge < -0.3 is 14.4 Å². The third-order valence-corrected chi connectivity index (χ3v) is 8.45. The number of ether oxygens (including phenoxy) is 2. The number of rotatable bonds is 4. The van der Waals surface area contributed by atoms with Gasteiger partial charge in [0.05, 0.1) is 17.5 Å². The highest BCUT2D eigenvalue weighted by molar-refractivity contribution is 8.15. The molecule has 0 spiro atoms. The van der Waals surface area contributed by atoms with Gasteiger partial charge in [-0.3, -0.25) is 4.79 Å². The minimum atomic E-state index is -3.06. The SMILES string of the molecule is CC[C@H](C)C(=O)N=C1S[C@@H]2CS(=O)(=O)C[C@H]2N1Cc1ccc2c(c1)OCO2. The molecule has 2 saturated heterocycles. The van der Waals surface area contributed by atoms with Crippen LogP contribution in [0.4, 0.5) is 0 Å². The first-order valence-corrected chi connectivity index (χ1v) is 11.7. The molecule has 0 radical (unpaired) electrons. The molecule has 3 atom stereocenters. The molecule has 1 aromatic carbocycles. The second-order valence-electron chi connectivity index (χ2n) is 7.16. The van der Waals surface area contributed by atoms with Gasteiger partial charge in [-0.25, -0.2) is 8.42 Å². The van der Waals surface area contributed by atoms with Crippen LogP contribution < -0.4 is 9.47 Å². The van der Waals surface area contributed by atoms with Crippen LogP contribution in [0.25, 0.3) is 0 Å². The number of amidine groups is 1. The van der Waals surface area contributed by atoms with E-state index in [1.165, 1.54) is 11.8 Å². The molecule has 1 amide bonds. The van der Waals surface area contributed by atoms with E-state index in [4.69, 9.17) is 9.47 Å². The van der Waals surface area contributed by atoms with Crippen LogP contribution in [0.15, 0.2) is 23.2 Å². The van der Waals surface area contributed by atoms with Gasteiger partial charge >= 0.3 is 0 Å². The van der Waals surface area contributed by atoms with Crippen molar-refractivity contribution in [1.29, 1.82) is 0 Å². The van der Waals surface area contributed by atoms with Crippen molar-refractivity contribution >= 4 is 32.7 Å². The second kappa shape index (κ2) is 7.01. The lowest BCUT2D eigenvalue weighted by molar-refractivity contribution is -0.121. The fraction of sp³-hybridized carbons (Fsp3) is 0.556. The van der Waals surface area contributed by atoms with Crippen LogP contribution >= 0.6 is 11.8 Å². The predicted molar refractivity (Wildman–Crippen MR) is 104 cm³/mol. The van der Waals surface area contributed by atoms with E-state index >= 15 is 0 Å². The fourth-order valence-corrected chi connectivity index (χ4v) is 7.39. The maximum Gasteiger partial charge on any atom is 0.250 e. The van der Waals surface area contributed by atoms with E-state index in [-0.39, 0.29) is 41.4 Å². The summed E-state index contributed by atoms with van der Waals surface area (Å²) < 4.78 is 35.0. The van der Waals surface area contributed by atoms with Crippen molar-refractivity contribution in [3.05, 3.63) is 23.8 Å². The van der Waals surface area contributed by atoms with E-state index in [9.17, 15) is 13.2 Å². The molecule has 0 saturated carbocycles. The number of sulfone groups is 1. The maximum atomic E-state index is 12.3. The number of carbonyl (C=O) groups is 1. The number of thioether (sulfide) groups is 1. The van der Waals surface area contributed by atoms with Crippen LogP contribution in [0.2, 0.25) is 0 Å². The van der Waals surface area contributed by atoms with Crippen molar-refractivity contribution in [2.45, 2.75) is 38.1 Å². The van der Waals surface area contributed by atoms with Gasteiger partial charge in [-0.05, 0) is 24.1 Å². The summed E-state index contributed by atoms with van der Waals surface area (Å²) >= 11 is 1.41. The van der Waals surface area contributed by atoms with Crippen LogP contribution in [0.3, 0.4) is 0 Å². The van der Waals surface area contributed by atoms with Gasteiger partial charge in [0.15, 0.2) is 26.5 Å². The molecule has 7 nitrogen and oxygen atoms in total. The van der Waals surface area contributed by atoms with Crippen LogP contribution in [0.5, 0.6) is 11.5 Å². The van der Waals surface area contributed by atoms with Crippen molar-refractivity contribution in [3.8, 4) is 11.5 Å². The third-order valence-electron chi connectivity index (χ3n) is 5.20. The molecule has 2 fully saturated rings. The van der Waals surface area contributed by atoms with Gasteiger partial charge in [-0.15, -0.1) is 0 Å². The Kier molecular flexibility index (Phi) is 4.84. The van der Waals surface area contributed by atoms with Crippen LogP contribution in [0, 0.1) is 5.92 Å². The Hall–Kier alpha value is -1.74. The van der Waals surface area contributed by atoms with E-state index in [0.717, 1.165) is 12.0 Å². The maximum absolute atomic E-state index is 12.3. The summed E-state index contributed by atoms with van der Waals surface area (Å²) in [6.45, 7) is 4.50. The van der Waals surface area contributed by atoms with Crippen molar-refractivity contribution in [1.82, 2.24) is 4.90 Å². The van der Waals surface area contributed by atoms with Gasteiger partial charge in [0, 0.05) is 17.7 Å². The number of benzene rings is 1. The molecule has 0 aliphatic carbocycles. The molecule has 1 aromatic rings. The van der Waals surface area contributed by atoms with Crippen molar-refractivity contribution in [3.63, 3.8) is 0 Å². The first kappa shape index (κ1) is 18.6. The van der Waals surface area contributed by atoms with Gasteiger partial charge in [-0.2, -0.15) is 4.99 Å². The number of amides is 1. The van der Waals surface area contributed by atoms with E-state index in [1.54, 1.807) is 0 Å². The molecule has 3 aliphatic rings. The molecule has 27 heavy (non-hydrogen) atoms. The lowest BCUT2D eigenvalue weighted by atomic mass is 10.1. The van der Waals surface area contributed by atoms with Crippen molar-refractivity contribution in [2.24, 2.45) is 10.9 Å². The molecule has 146 valence electrons. The zero-order valence-electron chi connectivity index (χ0n) is 15.3. The highest BCUT2D eigenvalue weighted by Crippen LogP contribution is 2.40. The van der Waals surface area contributed by atoms with E-state index in [2.05, 4.69) is 4.99 Å². The Labute approximate surface area is 163 Å². The van der Waals surface area contributed by atoms with Crippen LogP contribution in [0.1, 0.15) is 25.8 Å². The summed E-state index contributed by atoms with van der Waals surface area (Å²) in [5.41, 5.74) is 0.966. The minimum absolute atomic E-state index is 0.0764. The van der Waals surface area contributed by atoms with E-state index < -0.39 is 9.84 Å². The van der Waals surface area contributed by atoms with Gasteiger partial charge in [0.2, 0.25) is 6.79 Å². The average Bonchev–Trinajstić information content (AvgIpc) is 3.28. The lowest BCUT2D eigenvalue weighted by Crippen LogP contribution is -2.37. The Morgan fingerprint density at radius 3 is 2.89 bits per heavy atom. The fourth-order valence-electron chi connectivity index (χ4n) is 3.44. The largest absolute Gasteiger partial charge is 0.454 e. The Morgan fingerprint density at radius 1 is 1.33 bits per heavy atom. The first-order chi connectivity index (χ1) is 12.9. The minimum Gasteiger partial charge on any atom is -0.454 e. The standard InChI is InChI=1S/C18H22N2O5S2/c1-3-11(2)17(21)19-18-20(13-8-27(22,23)9-16(13)26-18)7-12-4-5-14-15(6-12)25-10-24-14/h4-6,11,13,16H,3,7-10H2,1-2H3/t11-,13+,16+/m0/s1. The summed E-state index contributed by atoms with van der Waals surface area (Å²) in [7, 11) is -3.06. The Balaban J connectivity index is 1.62. The lowest BCUT2D eigenvalue weighted by Gasteiger charge is -2.24. The van der Waals surface area contributed by atoms with E-state index in [1.807, 2.05) is 36.9 Å². The average molecular weight is 411 g/mol. The third kappa shape index (κ3) is 3.67. The van der Waals surface area contributed by atoms with Gasteiger partial charge in [0.1, 0.15) is 0 Å². The Morgan fingerprint density at radius 2 is 2.11 bits per heavy atom. The molecule has 9 heteroatoms. The number of fused-ring (bicyclic) bond motifs is 2. The summed E-state index contributed by atoms with van der Waals surface area (Å²) in [4.78, 5) is 18.7. The quantitative estimate of drug-likeness (QED) is 0.751. The molecule has 3 aliphatic heterocycles. The Bertz CT molecular complexity index is 899. The summed E-state index contributed by atoms with van der Waals surface area (Å²) in [6.07, 6.45) is 0.726. The topological polar surface area (TPSA) is 85.3 Å². The van der Waals surface area contributed by atoms with Crippen molar-refractivity contribution in [2.75, 3.05) is 18.3 Å². The van der Waals surface area contributed by atoms with Crippen LogP contribution in [-0.4, -0.2) is 54.0 Å². The van der Waals surface area contributed by atoms with Crippen molar-refractivity contribution < 1.29 is 22.7 Å². The molecule has 0 aromatic heterocycles.